The minimum absolute atomic E-state index is 0.178. The molecule has 0 atom stereocenters. The molecule has 1 nitrogen and oxygen atoms in total. The molecule has 2 N–H and O–H groups in total. The first kappa shape index (κ1) is 11.7. The van der Waals surface area contributed by atoms with E-state index in [0.717, 1.165) is 12.8 Å². The van der Waals surface area contributed by atoms with Gasteiger partial charge in [0.2, 0.25) is 0 Å². The van der Waals surface area contributed by atoms with E-state index in [-0.39, 0.29) is 11.0 Å². The van der Waals surface area contributed by atoms with Crippen LogP contribution in [0.25, 0.3) is 0 Å². The predicted octanol–water partition coefficient (Wildman–Crippen LogP) is 3.41. The quantitative estimate of drug-likeness (QED) is 0.825. The maximum atomic E-state index is 6.12. The van der Waals surface area contributed by atoms with E-state index >= 15 is 0 Å². The lowest BCUT2D eigenvalue weighted by Crippen LogP contribution is -2.22. The molecule has 1 aromatic carbocycles. The smallest absolute Gasteiger partial charge is 0.0158 e. The second kappa shape index (κ2) is 3.89. The van der Waals surface area contributed by atoms with Crippen LogP contribution in [0, 0.1) is 0 Å². The van der Waals surface area contributed by atoms with Crippen molar-refractivity contribution in [3.8, 4) is 0 Å². The number of aryl methyl sites for hydroxylation is 1. The van der Waals surface area contributed by atoms with Gasteiger partial charge in [-0.05, 0) is 42.2 Å². The average Bonchev–Trinajstić information content (AvgIpc) is 2.94. The molecule has 0 saturated heterocycles. The number of rotatable bonds is 3. The minimum atomic E-state index is 0.178. The molecular formula is C15H23N. The van der Waals surface area contributed by atoms with Gasteiger partial charge >= 0.3 is 0 Å². The Morgan fingerprint density at radius 1 is 1.25 bits per heavy atom. The molecule has 0 spiro atoms. The van der Waals surface area contributed by atoms with Crippen molar-refractivity contribution >= 4 is 0 Å². The predicted molar refractivity (Wildman–Crippen MR) is 69.6 cm³/mol. The lowest BCUT2D eigenvalue weighted by molar-refractivity contribution is 0.585. The van der Waals surface area contributed by atoms with Crippen molar-refractivity contribution in [3.63, 3.8) is 0 Å². The van der Waals surface area contributed by atoms with Gasteiger partial charge in [-0.25, -0.2) is 0 Å². The summed E-state index contributed by atoms with van der Waals surface area (Å²) in [7, 11) is 0. The maximum Gasteiger partial charge on any atom is 0.0158 e. The number of nitrogens with two attached hydrogens (primary N) is 1. The zero-order chi connectivity index (χ0) is 11.8. The number of hydrogen-bond donors (Lipinski definition) is 1. The molecule has 2 rings (SSSR count). The first-order valence-electron chi connectivity index (χ1n) is 6.27. The summed E-state index contributed by atoms with van der Waals surface area (Å²) >= 11 is 0. The summed E-state index contributed by atoms with van der Waals surface area (Å²) in [5.74, 6) is 0. The molecule has 88 valence electrons. The summed E-state index contributed by atoms with van der Waals surface area (Å²) in [5, 5.41) is 0. The van der Waals surface area contributed by atoms with Crippen LogP contribution >= 0.6 is 0 Å². The average molecular weight is 217 g/mol. The first-order chi connectivity index (χ1) is 7.39. The molecule has 0 heterocycles. The summed E-state index contributed by atoms with van der Waals surface area (Å²) in [5.41, 5.74) is 9.40. The van der Waals surface area contributed by atoms with Gasteiger partial charge in [-0.15, -0.1) is 0 Å². The Hall–Kier alpha value is -0.820. The van der Waals surface area contributed by atoms with E-state index in [2.05, 4.69) is 45.0 Å². The minimum Gasteiger partial charge on any atom is -0.325 e. The van der Waals surface area contributed by atoms with Crippen molar-refractivity contribution in [3.05, 3.63) is 35.4 Å². The van der Waals surface area contributed by atoms with Gasteiger partial charge < -0.3 is 5.73 Å². The normalized spacial score (nSPS) is 18.5. The Balaban J connectivity index is 2.04. The number of benzene rings is 1. The second-order valence-corrected chi connectivity index (χ2v) is 6.31. The molecule has 0 radical (unpaired) electrons. The maximum absolute atomic E-state index is 6.12. The molecule has 1 aliphatic carbocycles. The van der Waals surface area contributed by atoms with Gasteiger partial charge in [0.25, 0.3) is 0 Å². The van der Waals surface area contributed by atoms with Gasteiger partial charge in [0.1, 0.15) is 0 Å². The first-order valence-corrected chi connectivity index (χ1v) is 6.27. The largest absolute Gasteiger partial charge is 0.325 e. The van der Waals surface area contributed by atoms with E-state index in [1.54, 1.807) is 0 Å². The van der Waals surface area contributed by atoms with Gasteiger partial charge in [0, 0.05) is 5.54 Å². The highest BCUT2D eigenvalue weighted by molar-refractivity contribution is 5.29. The van der Waals surface area contributed by atoms with E-state index in [0.29, 0.717) is 0 Å². The van der Waals surface area contributed by atoms with E-state index < -0.39 is 0 Å². The SMILES string of the molecule is CC(C)(C)c1cccc(CCC2(N)CC2)c1. The molecule has 16 heavy (non-hydrogen) atoms. The van der Waals surface area contributed by atoms with Crippen molar-refractivity contribution < 1.29 is 0 Å². The van der Waals surface area contributed by atoms with Crippen LogP contribution in [0.3, 0.4) is 0 Å². The van der Waals surface area contributed by atoms with E-state index in [1.807, 2.05) is 0 Å². The molecule has 1 fully saturated rings. The van der Waals surface area contributed by atoms with Crippen LogP contribution in [0.4, 0.5) is 0 Å². The Morgan fingerprint density at radius 3 is 2.50 bits per heavy atom. The van der Waals surface area contributed by atoms with E-state index in [1.165, 1.54) is 24.0 Å². The molecule has 0 bridgehead atoms. The fourth-order valence-electron chi connectivity index (χ4n) is 2.00. The zero-order valence-corrected chi connectivity index (χ0v) is 10.7. The third-order valence-corrected chi connectivity index (χ3v) is 3.60. The molecule has 1 aromatic rings. The zero-order valence-electron chi connectivity index (χ0n) is 10.7. The summed E-state index contributed by atoms with van der Waals surface area (Å²) < 4.78 is 0. The lowest BCUT2D eigenvalue weighted by atomic mass is 9.85. The summed E-state index contributed by atoms with van der Waals surface area (Å²) in [6, 6.07) is 8.96. The molecule has 1 heteroatoms. The summed E-state index contributed by atoms with van der Waals surface area (Å²) in [6.07, 6.45) is 4.69. The highest BCUT2D eigenvalue weighted by atomic mass is 14.8. The Labute approximate surface area is 99.0 Å². The van der Waals surface area contributed by atoms with Crippen molar-refractivity contribution in [1.82, 2.24) is 0 Å². The fraction of sp³-hybridized carbons (Fsp3) is 0.600. The van der Waals surface area contributed by atoms with Crippen molar-refractivity contribution in [1.29, 1.82) is 0 Å². The van der Waals surface area contributed by atoms with Gasteiger partial charge in [-0.2, -0.15) is 0 Å². The fourth-order valence-corrected chi connectivity index (χ4v) is 2.00. The standard InChI is InChI=1S/C15H23N/c1-14(2,3)13-6-4-5-12(11-13)7-8-15(16)9-10-15/h4-6,11H,7-10,16H2,1-3H3. The van der Waals surface area contributed by atoms with Gasteiger partial charge in [0.05, 0.1) is 0 Å². The Bertz CT molecular complexity index is 369. The van der Waals surface area contributed by atoms with Crippen molar-refractivity contribution in [2.45, 2.75) is 57.4 Å². The monoisotopic (exact) mass is 217 g/mol. The van der Waals surface area contributed by atoms with Crippen molar-refractivity contribution in [2.24, 2.45) is 5.73 Å². The summed E-state index contributed by atoms with van der Waals surface area (Å²) in [4.78, 5) is 0. The molecule has 0 aliphatic heterocycles. The Morgan fingerprint density at radius 2 is 1.94 bits per heavy atom. The summed E-state index contributed by atoms with van der Waals surface area (Å²) in [6.45, 7) is 6.78. The van der Waals surface area contributed by atoms with Crippen LogP contribution in [0.5, 0.6) is 0 Å². The molecular weight excluding hydrogens is 194 g/mol. The van der Waals surface area contributed by atoms with Crippen LogP contribution in [0.1, 0.15) is 51.2 Å². The molecule has 0 amide bonds. The lowest BCUT2D eigenvalue weighted by Gasteiger charge is -2.20. The van der Waals surface area contributed by atoms with Crippen LogP contribution < -0.4 is 5.73 Å². The molecule has 1 saturated carbocycles. The van der Waals surface area contributed by atoms with Gasteiger partial charge in [-0.1, -0.05) is 45.0 Å². The van der Waals surface area contributed by atoms with Crippen molar-refractivity contribution in [2.75, 3.05) is 0 Å². The second-order valence-electron chi connectivity index (χ2n) is 6.31. The van der Waals surface area contributed by atoms with Gasteiger partial charge in [-0.3, -0.25) is 0 Å². The van der Waals surface area contributed by atoms with Gasteiger partial charge in [0.15, 0.2) is 0 Å². The number of hydrogen-bond acceptors (Lipinski definition) is 1. The van der Waals surface area contributed by atoms with E-state index in [9.17, 15) is 0 Å². The van der Waals surface area contributed by atoms with Crippen LogP contribution in [-0.2, 0) is 11.8 Å². The van der Waals surface area contributed by atoms with E-state index in [4.69, 9.17) is 5.73 Å². The highest BCUT2D eigenvalue weighted by Crippen LogP contribution is 2.36. The Kier molecular flexibility index (Phi) is 2.83. The van der Waals surface area contributed by atoms with Crippen LogP contribution in [-0.4, -0.2) is 5.54 Å². The molecule has 0 unspecified atom stereocenters. The molecule has 0 aromatic heterocycles. The van der Waals surface area contributed by atoms with Crippen LogP contribution in [0.2, 0.25) is 0 Å². The third-order valence-electron chi connectivity index (χ3n) is 3.60. The highest BCUT2D eigenvalue weighted by Gasteiger charge is 2.37. The molecule has 1 aliphatic rings. The van der Waals surface area contributed by atoms with Crippen LogP contribution in [0.15, 0.2) is 24.3 Å². The third kappa shape index (κ3) is 2.85. The topological polar surface area (TPSA) is 26.0 Å².